The third kappa shape index (κ3) is 3.61. The number of aryl methyl sites for hydroxylation is 1. The van der Waals surface area contributed by atoms with E-state index in [2.05, 4.69) is 15.3 Å². The van der Waals surface area contributed by atoms with Crippen LogP contribution in [0.5, 0.6) is 5.88 Å². The molecule has 0 bridgehead atoms. The van der Waals surface area contributed by atoms with E-state index in [1.165, 1.54) is 12.8 Å². The zero-order chi connectivity index (χ0) is 18.8. The minimum atomic E-state index is -0.203. The molecule has 2 aromatic heterocycles. The third-order valence-electron chi connectivity index (χ3n) is 5.53. The lowest BCUT2D eigenvalue weighted by molar-refractivity contribution is 0.0944. The van der Waals surface area contributed by atoms with Gasteiger partial charge in [-0.15, -0.1) is 0 Å². The summed E-state index contributed by atoms with van der Waals surface area (Å²) in [6.45, 7) is 2.18. The van der Waals surface area contributed by atoms with Crippen LogP contribution in [0.15, 0.2) is 18.3 Å². The molecule has 6 heteroatoms. The summed E-state index contributed by atoms with van der Waals surface area (Å²) < 4.78 is 6.03. The first-order chi connectivity index (χ1) is 13.1. The summed E-state index contributed by atoms with van der Waals surface area (Å²) in [5.74, 6) is 0.524. The van der Waals surface area contributed by atoms with Crippen molar-refractivity contribution in [3.63, 3.8) is 0 Å². The Bertz CT molecular complexity index is 866. The Labute approximate surface area is 158 Å². The summed E-state index contributed by atoms with van der Waals surface area (Å²) in [5.41, 5.74) is 3.69. The largest absolute Gasteiger partial charge is 0.474 e. The molecule has 1 fully saturated rings. The highest BCUT2D eigenvalue weighted by atomic mass is 16.5. The second-order valence-electron chi connectivity index (χ2n) is 7.43. The van der Waals surface area contributed by atoms with Gasteiger partial charge in [0.2, 0.25) is 5.88 Å². The van der Waals surface area contributed by atoms with Crippen molar-refractivity contribution in [2.24, 2.45) is 0 Å². The number of amides is 1. The van der Waals surface area contributed by atoms with E-state index < -0.39 is 0 Å². The number of hydrogen-bond acceptors (Lipinski definition) is 4. The second kappa shape index (κ2) is 7.55. The molecule has 0 unspecified atom stereocenters. The number of carbonyl (C=O) groups is 2. The molecule has 0 spiro atoms. The number of pyridine rings is 1. The summed E-state index contributed by atoms with van der Waals surface area (Å²) in [6.07, 6.45) is 8.65. The molecule has 0 radical (unpaired) electrons. The average molecular weight is 367 g/mol. The molecule has 2 aliphatic carbocycles. The van der Waals surface area contributed by atoms with E-state index in [1.807, 2.05) is 19.1 Å². The number of nitrogens with one attached hydrogen (secondary N) is 2. The molecule has 0 aromatic carbocycles. The molecule has 2 aliphatic rings. The zero-order valence-electron chi connectivity index (χ0n) is 15.6. The number of nitrogens with zero attached hydrogens (tertiary/aromatic N) is 1. The quantitative estimate of drug-likeness (QED) is 0.847. The molecule has 0 aliphatic heterocycles. The molecule has 6 nitrogen and oxygen atoms in total. The van der Waals surface area contributed by atoms with Crippen LogP contribution in [0.2, 0.25) is 0 Å². The molecule has 142 valence electrons. The highest BCUT2D eigenvalue weighted by molar-refractivity contribution is 6.04. The molecular weight excluding hydrogens is 342 g/mol. The topological polar surface area (TPSA) is 84.1 Å². The van der Waals surface area contributed by atoms with Gasteiger partial charge in [0.15, 0.2) is 5.78 Å². The predicted octanol–water partition coefficient (Wildman–Crippen LogP) is 3.49. The van der Waals surface area contributed by atoms with E-state index in [1.54, 1.807) is 6.20 Å². The predicted molar refractivity (Wildman–Crippen MR) is 101 cm³/mol. The minimum Gasteiger partial charge on any atom is -0.474 e. The van der Waals surface area contributed by atoms with Crippen molar-refractivity contribution in [2.45, 2.75) is 64.5 Å². The van der Waals surface area contributed by atoms with Crippen LogP contribution >= 0.6 is 0 Å². The molecule has 1 amide bonds. The minimum absolute atomic E-state index is 0.128. The Morgan fingerprint density at radius 3 is 2.89 bits per heavy atom. The van der Waals surface area contributed by atoms with Crippen molar-refractivity contribution in [3.8, 4) is 5.88 Å². The van der Waals surface area contributed by atoms with Gasteiger partial charge in [0.25, 0.3) is 5.91 Å². The first kappa shape index (κ1) is 17.8. The van der Waals surface area contributed by atoms with Crippen molar-refractivity contribution in [2.75, 3.05) is 0 Å². The maximum Gasteiger partial charge on any atom is 0.268 e. The van der Waals surface area contributed by atoms with Gasteiger partial charge >= 0.3 is 0 Å². The van der Waals surface area contributed by atoms with Crippen molar-refractivity contribution >= 4 is 11.7 Å². The molecule has 27 heavy (non-hydrogen) atoms. The third-order valence-corrected chi connectivity index (χ3v) is 5.53. The van der Waals surface area contributed by atoms with Crippen LogP contribution in [0.1, 0.15) is 76.2 Å². The highest BCUT2D eigenvalue weighted by Gasteiger charge is 2.26. The van der Waals surface area contributed by atoms with Crippen LogP contribution < -0.4 is 10.1 Å². The van der Waals surface area contributed by atoms with Gasteiger partial charge in [-0.2, -0.15) is 0 Å². The summed E-state index contributed by atoms with van der Waals surface area (Å²) in [5, 5.41) is 2.94. The van der Waals surface area contributed by atoms with E-state index in [0.717, 1.165) is 42.5 Å². The summed E-state index contributed by atoms with van der Waals surface area (Å²) in [6, 6.07) is 3.77. The normalized spacial score (nSPS) is 17.0. The standard InChI is InChI=1S/C21H25N3O3/c1-13-18-16(9-4-10-17(18)25)24-19(13)20(26)23-12-14-6-5-11-22-21(14)27-15-7-2-3-8-15/h5-6,11,15,24H,2-4,7-10,12H2,1H3,(H,23,26). The Hall–Kier alpha value is -2.63. The molecule has 2 heterocycles. The average Bonchev–Trinajstić information content (AvgIpc) is 3.29. The van der Waals surface area contributed by atoms with Gasteiger partial charge in [0, 0.05) is 36.0 Å². The van der Waals surface area contributed by atoms with Crippen LogP contribution in [0.4, 0.5) is 0 Å². The number of ketones is 1. The van der Waals surface area contributed by atoms with Gasteiger partial charge in [-0.05, 0) is 57.1 Å². The van der Waals surface area contributed by atoms with E-state index in [4.69, 9.17) is 4.74 Å². The lowest BCUT2D eigenvalue weighted by atomic mass is 9.94. The van der Waals surface area contributed by atoms with Gasteiger partial charge in [0.1, 0.15) is 11.8 Å². The van der Waals surface area contributed by atoms with Gasteiger partial charge in [-0.3, -0.25) is 9.59 Å². The Balaban J connectivity index is 1.46. The summed E-state index contributed by atoms with van der Waals surface area (Å²) >= 11 is 0. The van der Waals surface area contributed by atoms with Crippen LogP contribution in [0.25, 0.3) is 0 Å². The lowest BCUT2D eigenvalue weighted by Gasteiger charge is -2.15. The number of rotatable bonds is 5. The lowest BCUT2D eigenvalue weighted by Crippen LogP contribution is -2.25. The van der Waals surface area contributed by atoms with Crippen molar-refractivity contribution in [3.05, 3.63) is 46.4 Å². The van der Waals surface area contributed by atoms with Gasteiger partial charge in [-0.1, -0.05) is 6.07 Å². The van der Waals surface area contributed by atoms with E-state index in [-0.39, 0.29) is 17.8 Å². The second-order valence-corrected chi connectivity index (χ2v) is 7.43. The fraction of sp³-hybridized carbons (Fsp3) is 0.476. The number of H-pyrrole nitrogens is 1. The molecule has 0 saturated heterocycles. The molecule has 0 atom stereocenters. The van der Waals surface area contributed by atoms with Crippen LogP contribution in [-0.2, 0) is 13.0 Å². The first-order valence-electron chi connectivity index (χ1n) is 9.77. The maximum atomic E-state index is 12.7. The molecule has 2 aromatic rings. The maximum absolute atomic E-state index is 12.7. The molecule has 2 N–H and O–H groups in total. The summed E-state index contributed by atoms with van der Waals surface area (Å²) in [4.78, 5) is 32.4. The number of hydrogen-bond donors (Lipinski definition) is 2. The Kier molecular flexibility index (Phi) is 4.97. The number of aromatic nitrogens is 2. The monoisotopic (exact) mass is 367 g/mol. The molecular formula is C21H25N3O3. The van der Waals surface area contributed by atoms with Crippen LogP contribution in [0, 0.1) is 6.92 Å². The van der Waals surface area contributed by atoms with Crippen molar-refractivity contribution in [1.82, 2.24) is 15.3 Å². The highest BCUT2D eigenvalue weighted by Crippen LogP contribution is 2.27. The number of ether oxygens (including phenoxy) is 1. The number of carbonyl (C=O) groups excluding carboxylic acids is 2. The first-order valence-corrected chi connectivity index (χ1v) is 9.77. The van der Waals surface area contributed by atoms with E-state index >= 15 is 0 Å². The van der Waals surface area contributed by atoms with E-state index in [0.29, 0.717) is 30.1 Å². The van der Waals surface area contributed by atoms with Crippen molar-refractivity contribution in [1.29, 1.82) is 0 Å². The number of aromatic amines is 1. The van der Waals surface area contributed by atoms with Gasteiger partial charge < -0.3 is 15.0 Å². The van der Waals surface area contributed by atoms with Gasteiger partial charge in [0.05, 0.1) is 0 Å². The van der Waals surface area contributed by atoms with Crippen LogP contribution in [-0.4, -0.2) is 27.8 Å². The molecule has 4 rings (SSSR count). The van der Waals surface area contributed by atoms with Crippen LogP contribution in [0.3, 0.4) is 0 Å². The number of fused-ring (bicyclic) bond motifs is 1. The smallest absolute Gasteiger partial charge is 0.268 e. The van der Waals surface area contributed by atoms with E-state index in [9.17, 15) is 9.59 Å². The zero-order valence-corrected chi connectivity index (χ0v) is 15.6. The van der Waals surface area contributed by atoms with Gasteiger partial charge in [-0.25, -0.2) is 4.98 Å². The summed E-state index contributed by atoms with van der Waals surface area (Å²) in [7, 11) is 0. The van der Waals surface area contributed by atoms with Crippen molar-refractivity contribution < 1.29 is 14.3 Å². The Morgan fingerprint density at radius 2 is 2.11 bits per heavy atom. The fourth-order valence-corrected chi connectivity index (χ4v) is 4.09. The molecule has 1 saturated carbocycles. The SMILES string of the molecule is Cc1c(C(=O)NCc2cccnc2OC2CCCC2)[nH]c2c1C(=O)CCC2. The fourth-order valence-electron chi connectivity index (χ4n) is 4.09. The number of Topliss-reactive ketones (excluding diaryl/α,β-unsaturated/α-hetero) is 1. The Morgan fingerprint density at radius 1 is 1.30 bits per heavy atom.